The van der Waals surface area contributed by atoms with Crippen molar-refractivity contribution in [3.63, 3.8) is 0 Å². The molecule has 0 radical (unpaired) electrons. The summed E-state index contributed by atoms with van der Waals surface area (Å²) in [5.41, 5.74) is 9.36. The lowest BCUT2D eigenvalue weighted by Crippen LogP contribution is -2.33. The number of carbonyl (C=O) groups is 2. The molecule has 0 saturated carbocycles. The Morgan fingerprint density at radius 1 is 1.18 bits per heavy atom. The maximum Gasteiger partial charge on any atom is 0.251 e. The van der Waals surface area contributed by atoms with Crippen molar-refractivity contribution in [2.45, 2.75) is 38.0 Å². The molecule has 2 heterocycles. The van der Waals surface area contributed by atoms with Gasteiger partial charge in [-0.1, -0.05) is 19.9 Å². The Morgan fingerprint density at radius 2 is 1.95 bits per heavy atom. The summed E-state index contributed by atoms with van der Waals surface area (Å²) in [6.07, 6.45) is 5.66. The monoisotopic (exact) mass is 549 g/mol. The molecular formula is C30H39N5O3S. The summed E-state index contributed by atoms with van der Waals surface area (Å²) in [6, 6.07) is 11.2. The molecule has 39 heavy (non-hydrogen) atoms. The van der Waals surface area contributed by atoms with Gasteiger partial charge in [-0.2, -0.15) is 0 Å². The van der Waals surface area contributed by atoms with Crippen molar-refractivity contribution in [3.05, 3.63) is 59.3 Å². The second-order valence-corrected chi connectivity index (χ2v) is 11.6. The Bertz CT molecular complexity index is 1220. The van der Waals surface area contributed by atoms with E-state index in [1.165, 1.54) is 25.3 Å². The molecule has 2 aromatic rings. The molecule has 0 aromatic heterocycles. The number of thioether (sulfide) groups is 1. The second kappa shape index (κ2) is 13.7. The van der Waals surface area contributed by atoms with Crippen molar-refractivity contribution >= 4 is 41.1 Å². The molecule has 8 nitrogen and oxygen atoms in total. The number of hydrogen-bond acceptors (Lipinski definition) is 7. The van der Waals surface area contributed by atoms with Crippen LogP contribution in [0.1, 0.15) is 48.2 Å². The smallest absolute Gasteiger partial charge is 0.251 e. The number of carbonyl (C=O) groups excluding carboxylic acids is 2. The van der Waals surface area contributed by atoms with Gasteiger partial charge in [0.1, 0.15) is 12.4 Å². The topological polar surface area (TPSA) is 121 Å². The van der Waals surface area contributed by atoms with Crippen LogP contribution in [0.25, 0.3) is 5.57 Å². The molecule has 2 aliphatic rings. The van der Waals surface area contributed by atoms with Gasteiger partial charge in [-0.25, -0.2) is 0 Å². The average molecular weight is 550 g/mol. The molecule has 2 amide bonds. The number of allylic oxidation sites excluding steroid dienone is 1. The summed E-state index contributed by atoms with van der Waals surface area (Å²) in [7, 11) is 0. The van der Waals surface area contributed by atoms with Crippen LogP contribution in [0.5, 0.6) is 5.75 Å². The number of nitrogens with one attached hydrogen (secondary N) is 3. The summed E-state index contributed by atoms with van der Waals surface area (Å²) in [5.74, 6) is 1.36. The third kappa shape index (κ3) is 7.64. The van der Waals surface area contributed by atoms with Gasteiger partial charge in [0.25, 0.3) is 5.91 Å². The number of nitrogens with zero attached hydrogens (tertiary/aromatic N) is 1. The van der Waals surface area contributed by atoms with Crippen LogP contribution in [0.15, 0.2) is 47.5 Å². The molecule has 2 aromatic carbocycles. The highest BCUT2D eigenvalue weighted by atomic mass is 32.2. The van der Waals surface area contributed by atoms with E-state index >= 15 is 0 Å². The molecule has 1 unspecified atom stereocenters. The summed E-state index contributed by atoms with van der Waals surface area (Å²) in [4.78, 5) is 29.4. The largest absolute Gasteiger partial charge is 0.492 e. The van der Waals surface area contributed by atoms with Crippen LogP contribution in [0, 0.1) is 17.2 Å². The highest BCUT2D eigenvalue weighted by molar-refractivity contribution is 7.99. The normalized spacial score (nSPS) is 17.4. The van der Waals surface area contributed by atoms with Crippen LogP contribution >= 0.6 is 11.8 Å². The van der Waals surface area contributed by atoms with E-state index in [4.69, 9.17) is 15.9 Å². The molecule has 0 bridgehead atoms. The fourth-order valence-electron chi connectivity index (χ4n) is 4.78. The number of benzene rings is 2. The molecule has 1 saturated heterocycles. The van der Waals surface area contributed by atoms with E-state index in [-0.39, 0.29) is 24.3 Å². The van der Waals surface area contributed by atoms with Crippen LogP contribution in [0.2, 0.25) is 0 Å². The van der Waals surface area contributed by atoms with Crippen molar-refractivity contribution in [1.29, 1.82) is 5.41 Å². The molecule has 1 fully saturated rings. The van der Waals surface area contributed by atoms with Crippen LogP contribution < -0.4 is 21.1 Å². The van der Waals surface area contributed by atoms with E-state index in [1.54, 1.807) is 17.8 Å². The SMILES string of the molecule is CC(C)CNC(=O)c1ccc2c(c1)CC(C(=O)Nc1ccc(/C(C=N)=C/N)cc1SCCN1CCCC1)CO2. The number of hydrogen-bond donors (Lipinski definition) is 4. The third-order valence-corrected chi connectivity index (χ3v) is 8.08. The number of fused-ring (bicyclic) bond motifs is 1. The Kier molecular flexibility index (Phi) is 10.1. The molecule has 4 rings (SSSR count). The molecule has 9 heteroatoms. The predicted molar refractivity (Wildman–Crippen MR) is 159 cm³/mol. The van der Waals surface area contributed by atoms with E-state index in [0.717, 1.165) is 52.8 Å². The fourth-order valence-corrected chi connectivity index (χ4v) is 5.84. The minimum absolute atomic E-state index is 0.119. The Hall–Kier alpha value is -3.30. The number of rotatable bonds is 11. The van der Waals surface area contributed by atoms with Crippen molar-refractivity contribution in [2.75, 3.05) is 43.9 Å². The molecule has 1 atom stereocenters. The van der Waals surface area contributed by atoms with Crippen LogP contribution in [-0.2, 0) is 11.2 Å². The van der Waals surface area contributed by atoms with Crippen molar-refractivity contribution in [2.24, 2.45) is 17.6 Å². The van der Waals surface area contributed by atoms with Crippen LogP contribution in [0.4, 0.5) is 5.69 Å². The quantitative estimate of drug-likeness (QED) is 0.244. The number of anilines is 1. The van der Waals surface area contributed by atoms with E-state index in [2.05, 4.69) is 29.4 Å². The van der Waals surface area contributed by atoms with Gasteiger partial charge in [0.2, 0.25) is 5.91 Å². The lowest BCUT2D eigenvalue weighted by molar-refractivity contribution is -0.121. The summed E-state index contributed by atoms with van der Waals surface area (Å²) < 4.78 is 5.91. The van der Waals surface area contributed by atoms with Crippen LogP contribution in [0.3, 0.4) is 0 Å². The van der Waals surface area contributed by atoms with Gasteiger partial charge in [0.15, 0.2) is 0 Å². The van der Waals surface area contributed by atoms with Gasteiger partial charge >= 0.3 is 0 Å². The molecule has 0 aliphatic carbocycles. The molecule has 0 spiro atoms. The summed E-state index contributed by atoms with van der Waals surface area (Å²) >= 11 is 1.70. The first-order valence-corrected chi connectivity index (χ1v) is 14.6. The number of amides is 2. The highest BCUT2D eigenvalue weighted by Crippen LogP contribution is 2.33. The van der Waals surface area contributed by atoms with E-state index in [9.17, 15) is 9.59 Å². The molecular weight excluding hydrogens is 510 g/mol. The number of nitrogens with two attached hydrogens (primary N) is 1. The molecule has 208 valence electrons. The van der Waals surface area contributed by atoms with E-state index < -0.39 is 0 Å². The second-order valence-electron chi connectivity index (χ2n) is 10.5. The van der Waals surface area contributed by atoms with Gasteiger partial charge in [-0.3, -0.25) is 9.59 Å². The minimum atomic E-state index is -0.380. The first-order chi connectivity index (χ1) is 18.9. The van der Waals surface area contributed by atoms with Gasteiger partial charge in [0.05, 0.1) is 11.6 Å². The van der Waals surface area contributed by atoms with Crippen molar-refractivity contribution in [3.8, 4) is 5.75 Å². The van der Waals surface area contributed by atoms with E-state index in [1.807, 2.05) is 30.3 Å². The summed E-state index contributed by atoms with van der Waals surface area (Å²) in [6.45, 7) is 8.27. The maximum absolute atomic E-state index is 13.4. The third-order valence-electron chi connectivity index (χ3n) is 7.04. The Morgan fingerprint density at radius 3 is 2.67 bits per heavy atom. The van der Waals surface area contributed by atoms with Crippen LogP contribution in [-0.4, -0.2) is 61.5 Å². The standard InChI is InChI=1S/C30H39N5O3S/c1-20(2)18-33-29(36)22-6-8-27-23(13-22)14-24(19-38-27)30(37)34-26-7-5-21(25(16-31)17-32)15-28(26)39-12-11-35-9-3-4-10-35/h5-8,13,15-17,20,24,31H,3-4,9-12,14,18-19,32H2,1-2H3,(H,33,36)(H,34,37)/b25-17+,31-16?. The average Bonchev–Trinajstić information content (AvgIpc) is 3.46. The zero-order valence-electron chi connectivity index (χ0n) is 22.8. The molecule has 2 aliphatic heterocycles. The minimum Gasteiger partial charge on any atom is -0.492 e. The lowest BCUT2D eigenvalue weighted by atomic mass is 9.94. The van der Waals surface area contributed by atoms with Gasteiger partial charge in [-0.15, -0.1) is 11.8 Å². The van der Waals surface area contributed by atoms with Gasteiger partial charge in [-0.05, 0) is 79.7 Å². The summed E-state index contributed by atoms with van der Waals surface area (Å²) in [5, 5.41) is 13.7. The van der Waals surface area contributed by atoms with Gasteiger partial charge in [0, 0.05) is 47.3 Å². The lowest BCUT2D eigenvalue weighted by Gasteiger charge is -2.25. The van der Waals surface area contributed by atoms with Crippen molar-refractivity contribution in [1.82, 2.24) is 10.2 Å². The predicted octanol–water partition coefficient (Wildman–Crippen LogP) is 4.40. The first kappa shape index (κ1) is 28.7. The zero-order valence-corrected chi connectivity index (χ0v) is 23.6. The van der Waals surface area contributed by atoms with Gasteiger partial charge < -0.3 is 31.4 Å². The zero-order chi connectivity index (χ0) is 27.8. The Labute approximate surface area is 235 Å². The van der Waals surface area contributed by atoms with Crippen molar-refractivity contribution < 1.29 is 14.3 Å². The fraction of sp³-hybridized carbons (Fsp3) is 0.433. The number of ether oxygens (including phenoxy) is 1. The maximum atomic E-state index is 13.4. The number of likely N-dealkylation sites (tertiary alicyclic amines) is 1. The Balaban J connectivity index is 1.46. The first-order valence-electron chi connectivity index (χ1n) is 13.6. The highest BCUT2D eigenvalue weighted by Gasteiger charge is 2.27. The molecule has 5 N–H and O–H groups in total. The van der Waals surface area contributed by atoms with E-state index in [0.29, 0.717) is 30.0 Å².